The van der Waals surface area contributed by atoms with E-state index in [0.29, 0.717) is 6.42 Å². The van der Waals surface area contributed by atoms with Gasteiger partial charge in [0, 0.05) is 6.42 Å². The minimum Gasteiger partial charge on any atom is -0.303 e. The van der Waals surface area contributed by atoms with Crippen LogP contribution in [0.2, 0.25) is 19.6 Å². The van der Waals surface area contributed by atoms with Crippen LogP contribution in [0, 0.1) is 0 Å². The van der Waals surface area contributed by atoms with Crippen molar-refractivity contribution in [3.63, 3.8) is 0 Å². The monoisotopic (exact) mass is 234 g/mol. The molecule has 0 saturated carbocycles. The first-order valence-corrected chi connectivity index (χ1v) is 9.47. The molecule has 1 unspecified atom stereocenters. The number of hydrogen-bond donors (Lipinski definition) is 0. The Morgan fingerprint density at radius 1 is 1.19 bits per heavy atom. The quantitative estimate of drug-likeness (QED) is 0.559. The molecule has 0 radical (unpaired) electrons. The van der Waals surface area contributed by atoms with E-state index in [1.165, 1.54) is 5.56 Å². The van der Waals surface area contributed by atoms with Crippen LogP contribution in [0.1, 0.15) is 25.3 Å². The van der Waals surface area contributed by atoms with Gasteiger partial charge < -0.3 is 4.79 Å². The Kier molecular flexibility index (Phi) is 4.08. The number of aldehydes is 1. The molecule has 2 heteroatoms. The Labute approximate surface area is 99.9 Å². The number of benzene rings is 1. The van der Waals surface area contributed by atoms with Crippen LogP contribution in [0.3, 0.4) is 0 Å². The van der Waals surface area contributed by atoms with E-state index >= 15 is 0 Å². The van der Waals surface area contributed by atoms with Crippen molar-refractivity contribution in [2.75, 3.05) is 0 Å². The Morgan fingerprint density at radius 3 is 2.12 bits per heavy atom. The fourth-order valence-electron chi connectivity index (χ4n) is 2.64. The molecule has 0 N–H and O–H groups in total. The molecule has 0 spiro atoms. The summed E-state index contributed by atoms with van der Waals surface area (Å²) in [6, 6.07) is 10.5. The molecule has 1 aromatic rings. The van der Waals surface area contributed by atoms with Crippen LogP contribution in [-0.2, 0) is 9.83 Å². The van der Waals surface area contributed by atoms with Crippen molar-refractivity contribution in [1.82, 2.24) is 0 Å². The largest absolute Gasteiger partial charge is 0.303 e. The summed E-state index contributed by atoms with van der Waals surface area (Å²) in [6.45, 7) is 9.27. The van der Waals surface area contributed by atoms with Gasteiger partial charge in [0.15, 0.2) is 0 Å². The maximum atomic E-state index is 11.0. The Hall–Kier alpha value is -0.893. The second-order valence-electron chi connectivity index (χ2n) is 5.42. The summed E-state index contributed by atoms with van der Waals surface area (Å²) >= 11 is 0. The molecule has 1 nitrogen and oxygen atoms in total. The molecule has 0 aliphatic carbocycles. The Balaban J connectivity index is 3.28. The summed E-state index contributed by atoms with van der Waals surface area (Å²) in [6.07, 6.45) is 2.80. The summed E-state index contributed by atoms with van der Waals surface area (Å²) in [7, 11) is -1.43. The van der Waals surface area contributed by atoms with Crippen molar-refractivity contribution in [3.8, 4) is 0 Å². The van der Waals surface area contributed by atoms with Crippen molar-refractivity contribution in [1.29, 1.82) is 0 Å². The van der Waals surface area contributed by atoms with E-state index in [4.69, 9.17) is 0 Å². The van der Waals surface area contributed by atoms with Crippen molar-refractivity contribution in [2.24, 2.45) is 0 Å². The van der Waals surface area contributed by atoms with Gasteiger partial charge in [-0.05, 0) is 17.0 Å². The van der Waals surface area contributed by atoms with Crippen molar-refractivity contribution < 1.29 is 4.79 Å². The number of carbonyl (C=O) groups is 1. The third-order valence-corrected chi connectivity index (χ3v) is 7.52. The van der Waals surface area contributed by atoms with Gasteiger partial charge in [-0.1, -0.05) is 56.9 Å². The normalized spacial score (nSPS) is 15.5. The summed E-state index contributed by atoms with van der Waals surface area (Å²) in [5.74, 6) is 0. The molecule has 0 bridgehead atoms. The van der Waals surface area contributed by atoms with Crippen molar-refractivity contribution in [3.05, 3.63) is 35.9 Å². The number of rotatable bonds is 5. The van der Waals surface area contributed by atoms with Gasteiger partial charge in [-0.15, -0.1) is 0 Å². The van der Waals surface area contributed by atoms with E-state index in [-0.39, 0.29) is 5.04 Å². The molecular weight excluding hydrogens is 212 g/mol. The zero-order valence-corrected chi connectivity index (χ0v) is 11.8. The van der Waals surface area contributed by atoms with E-state index in [9.17, 15) is 4.79 Å². The fourth-order valence-corrected chi connectivity index (χ4v) is 5.42. The third kappa shape index (κ3) is 2.27. The highest BCUT2D eigenvalue weighted by Gasteiger charge is 2.42. The van der Waals surface area contributed by atoms with E-state index in [0.717, 1.165) is 12.7 Å². The molecule has 0 aromatic heterocycles. The molecule has 0 heterocycles. The summed E-state index contributed by atoms with van der Waals surface area (Å²) in [4.78, 5) is 11.0. The predicted octanol–water partition coefficient (Wildman–Crippen LogP) is 3.80. The van der Waals surface area contributed by atoms with E-state index in [1.54, 1.807) is 0 Å². The van der Waals surface area contributed by atoms with Crippen LogP contribution in [0.25, 0.3) is 0 Å². The first-order valence-electron chi connectivity index (χ1n) is 5.97. The van der Waals surface area contributed by atoms with Crippen LogP contribution in [-0.4, -0.2) is 14.4 Å². The molecule has 0 aliphatic rings. The highest BCUT2D eigenvalue weighted by atomic mass is 28.3. The van der Waals surface area contributed by atoms with Gasteiger partial charge in [-0.2, -0.15) is 0 Å². The van der Waals surface area contributed by atoms with Gasteiger partial charge in [0.05, 0.1) is 8.07 Å². The molecule has 0 amide bonds. The molecule has 0 fully saturated rings. The highest BCUT2D eigenvalue weighted by molar-refractivity contribution is 6.79. The molecule has 1 rings (SSSR count). The Bertz CT molecular complexity index is 340. The molecule has 0 saturated heterocycles. The van der Waals surface area contributed by atoms with E-state index in [1.807, 2.05) is 6.07 Å². The lowest BCUT2D eigenvalue weighted by atomic mass is 9.92. The third-order valence-electron chi connectivity index (χ3n) is 3.80. The molecule has 1 aromatic carbocycles. The maximum absolute atomic E-state index is 11.0. The van der Waals surface area contributed by atoms with Crippen LogP contribution < -0.4 is 0 Å². The summed E-state index contributed by atoms with van der Waals surface area (Å²) < 4.78 is 0. The minimum absolute atomic E-state index is 0.0933. The van der Waals surface area contributed by atoms with Gasteiger partial charge in [0.25, 0.3) is 0 Å². The topological polar surface area (TPSA) is 17.1 Å². The average Bonchev–Trinajstić information content (AvgIpc) is 2.25. The summed E-state index contributed by atoms with van der Waals surface area (Å²) in [5.41, 5.74) is 1.34. The minimum atomic E-state index is -1.43. The van der Waals surface area contributed by atoms with Gasteiger partial charge in [0.1, 0.15) is 6.29 Å². The van der Waals surface area contributed by atoms with Gasteiger partial charge >= 0.3 is 0 Å². The SMILES string of the molecule is CCC(CC=O)(c1ccccc1)[Si](C)(C)C. The van der Waals surface area contributed by atoms with Gasteiger partial charge in [0.2, 0.25) is 0 Å². The molecule has 16 heavy (non-hydrogen) atoms. The van der Waals surface area contributed by atoms with Crippen molar-refractivity contribution >= 4 is 14.4 Å². The predicted molar refractivity (Wildman–Crippen MR) is 72.4 cm³/mol. The van der Waals surface area contributed by atoms with Gasteiger partial charge in [-0.3, -0.25) is 0 Å². The van der Waals surface area contributed by atoms with Crippen LogP contribution in [0.15, 0.2) is 30.3 Å². The lowest BCUT2D eigenvalue weighted by Gasteiger charge is -2.42. The van der Waals surface area contributed by atoms with Crippen LogP contribution in [0.4, 0.5) is 0 Å². The zero-order valence-electron chi connectivity index (χ0n) is 10.8. The van der Waals surface area contributed by atoms with Crippen LogP contribution in [0.5, 0.6) is 0 Å². The Morgan fingerprint density at radius 2 is 1.75 bits per heavy atom. The lowest BCUT2D eigenvalue weighted by molar-refractivity contribution is -0.108. The fraction of sp³-hybridized carbons (Fsp3) is 0.500. The maximum Gasteiger partial charge on any atom is 0.120 e. The van der Waals surface area contributed by atoms with Crippen LogP contribution >= 0.6 is 0 Å². The average molecular weight is 234 g/mol. The zero-order chi connectivity index (χ0) is 12.2. The highest BCUT2D eigenvalue weighted by Crippen LogP contribution is 2.39. The molecule has 1 atom stereocenters. The second kappa shape index (κ2) is 4.96. The lowest BCUT2D eigenvalue weighted by Crippen LogP contribution is -2.49. The second-order valence-corrected chi connectivity index (χ2v) is 10.9. The molecule has 0 aliphatic heterocycles. The first kappa shape index (κ1) is 13.2. The smallest absolute Gasteiger partial charge is 0.120 e. The standard InChI is InChI=1S/C14H22OSi/c1-5-14(11-12-15,16(2,3)4)13-9-7-6-8-10-13/h6-10,12H,5,11H2,1-4H3. The first-order chi connectivity index (χ1) is 7.48. The van der Waals surface area contributed by atoms with Gasteiger partial charge in [-0.25, -0.2) is 0 Å². The molecular formula is C14H22OSi. The molecule has 88 valence electrons. The van der Waals surface area contributed by atoms with E-state index < -0.39 is 8.07 Å². The van der Waals surface area contributed by atoms with E-state index in [2.05, 4.69) is 50.8 Å². The summed E-state index contributed by atoms with van der Waals surface area (Å²) in [5, 5.41) is 0.0933. The number of carbonyl (C=O) groups excluding carboxylic acids is 1. The van der Waals surface area contributed by atoms with Crippen molar-refractivity contribution in [2.45, 2.75) is 44.4 Å². The number of hydrogen-bond acceptors (Lipinski definition) is 1.